The van der Waals surface area contributed by atoms with Crippen LogP contribution in [0, 0.1) is 0 Å². The molecular formula is C22H27N3. The van der Waals surface area contributed by atoms with Crippen LogP contribution in [0.25, 0.3) is 0 Å². The zero-order chi connectivity index (χ0) is 16.6. The fraction of sp³-hybridized carbons (Fsp3) is 0.455. The third kappa shape index (κ3) is 2.71. The van der Waals surface area contributed by atoms with Crippen LogP contribution >= 0.6 is 0 Å². The fourth-order valence-corrected chi connectivity index (χ4v) is 5.07. The van der Waals surface area contributed by atoms with Gasteiger partial charge in [-0.2, -0.15) is 0 Å². The number of hydrogen-bond acceptors (Lipinski definition) is 3. The van der Waals surface area contributed by atoms with Gasteiger partial charge in [0.05, 0.1) is 18.0 Å². The van der Waals surface area contributed by atoms with Gasteiger partial charge < -0.3 is 10.2 Å². The Kier molecular flexibility index (Phi) is 3.90. The maximum atomic E-state index is 3.55. The number of nitrogens with zero attached hydrogens (tertiary/aromatic N) is 2. The number of para-hydroxylation sites is 2. The highest BCUT2D eigenvalue weighted by Crippen LogP contribution is 2.38. The Bertz CT molecular complexity index is 748. The average molecular weight is 333 g/mol. The molecule has 3 aliphatic rings. The number of anilines is 2. The monoisotopic (exact) mass is 333 g/mol. The van der Waals surface area contributed by atoms with Gasteiger partial charge in [0, 0.05) is 25.2 Å². The molecule has 2 aromatic carbocycles. The van der Waals surface area contributed by atoms with Crippen LogP contribution in [-0.2, 0) is 6.42 Å². The lowest BCUT2D eigenvalue weighted by atomic mass is 9.85. The van der Waals surface area contributed by atoms with Gasteiger partial charge in [-0.3, -0.25) is 4.90 Å². The molecule has 0 saturated carbocycles. The zero-order valence-electron chi connectivity index (χ0n) is 14.8. The van der Waals surface area contributed by atoms with Gasteiger partial charge in [-0.25, -0.2) is 0 Å². The van der Waals surface area contributed by atoms with Crippen LogP contribution in [0.2, 0.25) is 0 Å². The second-order valence-electron chi connectivity index (χ2n) is 7.70. The highest BCUT2D eigenvalue weighted by molar-refractivity contribution is 5.74. The van der Waals surface area contributed by atoms with E-state index in [0.29, 0.717) is 12.1 Å². The van der Waals surface area contributed by atoms with Crippen molar-refractivity contribution in [2.75, 3.05) is 30.0 Å². The fourth-order valence-electron chi connectivity index (χ4n) is 5.07. The lowest BCUT2D eigenvalue weighted by Crippen LogP contribution is -2.46. The Morgan fingerprint density at radius 2 is 1.68 bits per heavy atom. The van der Waals surface area contributed by atoms with Crippen molar-refractivity contribution >= 4 is 11.4 Å². The Morgan fingerprint density at radius 1 is 0.880 bits per heavy atom. The van der Waals surface area contributed by atoms with E-state index in [4.69, 9.17) is 0 Å². The third-order valence-corrected chi connectivity index (χ3v) is 6.37. The summed E-state index contributed by atoms with van der Waals surface area (Å²) in [4.78, 5) is 5.34. The summed E-state index contributed by atoms with van der Waals surface area (Å²) in [6.45, 7) is 3.42. The molecule has 2 heterocycles. The molecule has 1 aliphatic carbocycles. The van der Waals surface area contributed by atoms with Gasteiger partial charge in [0.2, 0.25) is 0 Å². The van der Waals surface area contributed by atoms with Crippen LogP contribution in [0.4, 0.5) is 11.4 Å². The Hall–Kier alpha value is -2.00. The number of hydrogen-bond donors (Lipinski definition) is 1. The van der Waals surface area contributed by atoms with E-state index in [1.54, 1.807) is 11.1 Å². The number of fused-ring (bicyclic) bond motifs is 2. The Labute approximate surface area is 150 Å². The van der Waals surface area contributed by atoms with Gasteiger partial charge in [-0.05, 0) is 55.4 Å². The quantitative estimate of drug-likeness (QED) is 0.878. The van der Waals surface area contributed by atoms with E-state index in [0.717, 1.165) is 6.67 Å². The predicted octanol–water partition coefficient (Wildman–Crippen LogP) is 4.42. The number of aryl methyl sites for hydroxylation is 1. The second kappa shape index (κ2) is 6.38. The van der Waals surface area contributed by atoms with Gasteiger partial charge in [0.25, 0.3) is 0 Å². The molecule has 0 bridgehead atoms. The molecule has 1 unspecified atom stereocenters. The first-order valence-corrected chi connectivity index (χ1v) is 9.81. The molecule has 1 N–H and O–H groups in total. The molecule has 1 atom stereocenters. The van der Waals surface area contributed by atoms with Gasteiger partial charge in [-0.15, -0.1) is 0 Å². The number of likely N-dealkylation sites (tertiary alicyclic amines) is 1. The smallest absolute Gasteiger partial charge is 0.0880 e. The zero-order valence-corrected chi connectivity index (χ0v) is 14.8. The summed E-state index contributed by atoms with van der Waals surface area (Å²) in [5.74, 6) is 0. The molecular weight excluding hydrogens is 306 g/mol. The third-order valence-electron chi connectivity index (χ3n) is 6.37. The minimum Gasteiger partial charge on any atom is -0.366 e. The Balaban J connectivity index is 1.29. The molecule has 0 spiro atoms. The summed E-state index contributed by atoms with van der Waals surface area (Å²) in [5.41, 5.74) is 5.87. The summed E-state index contributed by atoms with van der Waals surface area (Å²) in [6.07, 6.45) is 6.48. The summed E-state index contributed by atoms with van der Waals surface area (Å²) >= 11 is 0. The molecule has 2 aromatic rings. The van der Waals surface area contributed by atoms with Crippen LogP contribution in [0.15, 0.2) is 48.5 Å². The summed E-state index contributed by atoms with van der Waals surface area (Å²) < 4.78 is 0. The van der Waals surface area contributed by atoms with Crippen LogP contribution in [-0.4, -0.2) is 30.7 Å². The standard InChI is InChI=1S/C22H27N3/c1-2-8-19-17(6-1)7-5-11-21(19)24-14-12-18(13-15-24)25-16-23-20-9-3-4-10-22(20)25/h1-4,6,8-10,18,21,23H,5,7,11-16H2. The molecule has 3 heteroatoms. The molecule has 3 nitrogen and oxygen atoms in total. The molecule has 0 radical (unpaired) electrons. The number of nitrogens with one attached hydrogen (secondary N) is 1. The van der Waals surface area contributed by atoms with Crippen molar-refractivity contribution in [1.29, 1.82) is 0 Å². The summed E-state index contributed by atoms with van der Waals surface area (Å²) in [7, 11) is 0. The first-order chi connectivity index (χ1) is 12.4. The topological polar surface area (TPSA) is 18.5 Å². The van der Waals surface area contributed by atoms with E-state index in [-0.39, 0.29) is 0 Å². The molecule has 0 amide bonds. The van der Waals surface area contributed by atoms with Crippen molar-refractivity contribution in [3.63, 3.8) is 0 Å². The highest BCUT2D eigenvalue weighted by atomic mass is 15.3. The van der Waals surface area contributed by atoms with E-state index in [1.807, 2.05) is 0 Å². The van der Waals surface area contributed by atoms with Crippen molar-refractivity contribution in [1.82, 2.24) is 4.90 Å². The SMILES string of the molecule is c1ccc2c(c1)CCCC2N1CCC(N2CNc3ccccc32)CC1. The molecule has 2 aliphatic heterocycles. The van der Waals surface area contributed by atoms with Crippen molar-refractivity contribution < 1.29 is 0 Å². The first kappa shape index (κ1) is 15.3. The molecule has 25 heavy (non-hydrogen) atoms. The van der Waals surface area contributed by atoms with E-state index in [9.17, 15) is 0 Å². The highest BCUT2D eigenvalue weighted by Gasteiger charge is 2.33. The van der Waals surface area contributed by atoms with Crippen LogP contribution in [0.5, 0.6) is 0 Å². The minimum absolute atomic E-state index is 0.648. The molecule has 1 saturated heterocycles. The largest absolute Gasteiger partial charge is 0.366 e. The van der Waals surface area contributed by atoms with E-state index < -0.39 is 0 Å². The summed E-state index contributed by atoms with van der Waals surface area (Å²) in [5, 5.41) is 3.55. The van der Waals surface area contributed by atoms with Crippen molar-refractivity contribution in [3.8, 4) is 0 Å². The van der Waals surface area contributed by atoms with Crippen molar-refractivity contribution in [2.45, 2.75) is 44.2 Å². The van der Waals surface area contributed by atoms with Gasteiger partial charge in [0.1, 0.15) is 0 Å². The van der Waals surface area contributed by atoms with Crippen molar-refractivity contribution in [3.05, 3.63) is 59.7 Å². The van der Waals surface area contributed by atoms with Crippen LogP contribution < -0.4 is 10.2 Å². The van der Waals surface area contributed by atoms with Crippen molar-refractivity contribution in [2.24, 2.45) is 0 Å². The van der Waals surface area contributed by atoms with E-state index >= 15 is 0 Å². The molecule has 1 fully saturated rings. The van der Waals surface area contributed by atoms with E-state index in [1.165, 1.54) is 56.6 Å². The summed E-state index contributed by atoms with van der Waals surface area (Å²) in [6, 6.07) is 19.2. The molecule has 130 valence electrons. The van der Waals surface area contributed by atoms with Gasteiger partial charge in [-0.1, -0.05) is 36.4 Å². The lowest BCUT2D eigenvalue weighted by molar-refractivity contribution is 0.137. The average Bonchev–Trinajstić information content (AvgIpc) is 3.12. The van der Waals surface area contributed by atoms with Crippen LogP contribution in [0.1, 0.15) is 42.9 Å². The van der Waals surface area contributed by atoms with Crippen LogP contribution in [0.3, 0.4) is 0 Å². The molecule has 0 aromatic heterocycles. The maximum Gasteiger partial charge on any atom is 0.0880 e. The normalized spacial score (nSPS) is 23.8. The molecule has 5 rings (SSSR count). The maximum absolute atomic E-state index is 3.55. The Morgan fingerprint density at radius 3 is 2.60 bits per heavy atom. The number of benzene rings is 2. The van der Waals surface area contributed by atoms with E-state index in [2.05, 4.69) is 63.6 Å². The van der Waals surface area contributed by atoms with Gasteiger partial charge >= 0.3 is 0 Å². The number of piperidine rings is 1. The van der Waals surface area contributed by atoms with Gasteiger partial charge in [0.15, 0.2) is 0 Å². The number of rotatable bonds is 2. The first-order valence-electron chi connectivity index (χ1n) is 9.81. The lowest BCUT2D eigenvalue weighted by Gasteiger charge is -2.42. The second-order valence-corrected chi connectivity index (χ2v) is 7.70. The predicted molar refractivity (Wildman–Crippen MR) is 104 cm³/mol. The minimum atomic E-state index is 0.648.